The molecule has 0 aromatic carbocycles. The molecule has 0 saturated heterocycles. The summed E-state index contributed by atoms with van der Waals surface area (Å²) in [7, 11) is 0. The van der Waals surface area contributed by atoms with Gasteiger partial charge in [0.05, 0.1) is 23.7 Å². The second-order valence-electron chi connectivity index (χ2n) is 4.28. The van der Waals surface area contributed by atoms with Crippen LogP contribution in [0.25, 0.3) is 5.70 Å². The molecule has 16 heavy (non-hydrogen) atoms. The average Bonchev–Trinajstić information content (AvgIpc) is 2.31. The summed E-state index contributed by atoms with van der Waals surface area (Å²) in [5.41, 5.74) is 6.76. The fraction of sp³-hybridized carbons (Fsp3) is 0.462. The highest BCUT2D eigenvalue weighted by Crippen LogP contribution is 2.23. The zero-order valence-corrected chi connectivity index (χ0v) is 9.48. The lowest BCUT2D eigenvalue weighted by molar-refractivity contribution is 0.154. The zero-order valence-electron chi connectivity index (χ0n) is 9.48. The molecule has 1 fully saturated rings. The summed E-state index contributed by atoms with van der Waals surface area (Å²) in [5, 5.41) is 0. The first-order valence-electron chi connectivity index (χ1n) is 5.83. The summed E-state index contributed by atoms with van der Waals surface area (Å²) >= 11 is 0. The Morgan fingerprint density at radius 3 is 2.62 bits per heavy atom. The Balaban J connectivity index is 1.96. The van der Waals surface area contributed by atoms with Gasteiger partial charge in [-0.1, -0.05) is 13.0 Å². The molecule has 3 nitrogen and oxygen atoms in total. The van der Waals surface area contributed by atoms with E-state index in [1.807, 2.05) is 12.1 Å². The van der Waals surface area contributed by atoms with E-state index in [2.05, 4.69) is 11.6 Å². The minimum absolute atomic E-state index is 0.363. The summed E-state index contributed by atoms with van der Waals surface area (Å²) in [5.74, 6) is 0.830. The fourth-order valence-electron chi connectivity index (χ4n) is 2.02. The highest BCUT2D eigenvalue weighted by atomic mass is 16.5. The Labute approximate surface area is 96.3 Å². The van der Waals surface area contributed by atoms with Crippen LogP contribution < -0.4 is 10.5 Å². The highest BCUT2D eigenvalue weighted by molar-refractivity contribution is 5.56. The van der Waals surface area contributed by atoms with Crippen LogP contribution in [0.2, 0.25) is 0 Å². The number of nitrogens with zero attached hydrogens (tertiary/aromatic N) is 1. The lowest BCUT2D eigenvalue weighted by Crippen LogP contribution is -2.19. The molecule has 0 aliphatic heterocycles. The quantitative estimate of drug-likeness (QED) is 0.848. The van der Waals surface area contributed by atoms with Gasteiger partial charge in [-0.3, -0.25) is 4.98 Å². The van der Waals surface area contributed by atoms with Crippen LogP contribution in [0, 0.1) is 0 Å². The molecule has 2 N–H and O–H groups in total. The number of aromatic nitrogens is 1. The van der Waals surface area contributed by atoms with Crippen LogP contribution in [-0.2, 0) is 0 Å². The molecule has 86 valence electrons. The van der Waals surface area contributed by atoms with E-state index in [1.54, 1.807) is 6.20 Å². The molecule has 3 heteroatoms. The lowest BCUT2D eigenvalue weighted by Gasteiger charge is -2.22. The molecule has 1 heterocycles. The van der Waals surface area contributed by atoms with Gasteiger partial charge in [-0.25, -0.2) is 0 Å². The first kappa shape index (κ1) is 11.0. The van der Waals surface area contributed by atoms with Gasteiger partial charge < -0.3 is 10.5 Å². The van der Waals surface area contributed by atoms with Gasteiger partial charge >= 0.3 is 0 Å². The van der Waals surface area contributed by atoms with Gasteiger partial charge in [0.25, 0.3) is 0 Å². The molecule has 0 atom stereocenters. The summed E-state index contributed by atoms with van der Waals surface area (Å²) in [6, 6.07) is 3.76. The molecule has 1 aliphatic rings. The molecular weight excluding hydrogens is 200 g/mol. The molecule has 1 saturated carbocycles. The third-order valence-corrected chi connectivity index (χ3v) is 2.92. The summed E-state index contributed by atoms with van der Waals surface area (Å²) < 4.78 is 5.86. The first-order valence-corrected chi connectivity index (χ1v) is 5.83. The van der Waals surface area contributed by atoms with E-state index in [0.717, 1.165) is 24.3 Å². The molecule has 1 aromatic heterocycles. The van der Waals surface area contributed by atoms with Crippen molar-refractivity contribution in [3.05, 3.63) is 30.6 Å². The number of rotatable bonds is 3. The minimum Gasteiger partial charge on any atom is -0.489 e. The molecule has 0 radical (unpaired) electrons. The molecule has 1 aromatic rings. The van der Waals surface area contributed by atoms with E-state index >= 15 is 0 Å². The topological polar surface area (TPSA) is 48.1 Å². The first-order chi connectivity index (χ1) is 7.75. The van der Waals surface area contributed by atoms with Crippen molar-refractivity contribution in [2.75, 3.05) is 0 Å². The second-order valence-corrected chi connectivity index (χ2v) is 4.28. The van der Waals surface area contributed by atoms with Crippen molar-refractivity contribution in [1.29, 1.82) is 0 Å². The molecular formula is C13H18N2O. The van der Waals surface area contributed by atoms with Crippen molar-refractivity contribution in [3.8, 4) is 5.75 Å². The smallest absolute Gasteiger partial charge is 0.138 e. The minimum atomic E-state index is 0.363. The van der Waals surface area contributed by atoms with Crippen LogP contribution >= 0.6 is 0 Å². The van der Waals surface area contributed by atoms with Gasteiger partial charge in [-0.2, -0.15) is 0 Å². The van der Waals surface area contributed by atoms with Crippen LogP contribution in [0.5, 0.6) is 5.75 Å². The van der Waals surface area contributed by atoms with Crippen LogP contribution in [0.3, 0.4) is 0 Å². The summed E-state index contributed by atoms with van der Waals surface area (Å²) in [4.78, 5) is 4.19. The molecule has 0 bridgehead atoms. The SMILES string of the molecule is C=C(N)c1ccc(OC2CCCCC2)cn1. The van der Waals surface area contributed by atoms with Crippen molar-refractivity contribution < 1.29 is 4.74 Å². The van der Waals surface area contributed by atoms with Gasteiger partial charge in [0.2, 0.25) is 0 Å². The van der Waals surface area contributed by atoms with Gasteiger partial charge in [-0.15, -0.1) is 0 Å². The van der Waals surface area contributed by atoms with Crippen LogP contribution in [0.15, 0.2) is 24.9 Å². The second kappa shape index (κ2) is 5.01. The maximum absolute atomic E-state index is 5.86. The predicted octanol–water partition coefficient (Wildman–Crippen LogP) is 2.72. The Morgan fingerprint density at radius 2 is 2.06 bits per heavy atom. The van der Waals surface area contributed by atoms with E-state index in [0.29, 0.717) is 11.8 Å². The normalized spacial score (nSPS) is 17.0. The van der Waals surface area contributed by atoms with E-state index in [9.17, 15) is 0 Å². The van der Waals surface area contributed by atoms with Gasteiger partial charge in [0.15, 0.2) is 0 Å². The van der Waals surface area contributed by atoms with E-state index in [-0.39, 0.29) is 0 Å². The number of nitrogens with two attached hydrogens (primary N) is 1. The standard InChI is InChI=1S/C13H18N2O/c1-10(14)13-8-7-12(9-15-13)16-11-5-3-2-4-6-11/h7-9,11H,1-6,14H2. The number of pyridine rings is 1. The zero-order chi connectivity index (χ0) is 11.4. The van der Waals surface area contributed by atoms with Gasteiger partial charge in [0.1, 0.15) is 5.75 Å². The van der Waals surface area contributed by atoms with Crippen LogP contribution in [-0.4, -0.2) is 11.1 Å². The molecule has 0 unspecified atom stereocenters. The van der Waals surface area contributed by atoms with Crippen molar-refractivity contribution in [3.63, 3.8) is 0 Å². The maximum Gasteiger partial charge on any atom is 0.138 e. The van der Waals surface area contributed by atoms with E-state index in [4.69, 9.17) is 10.5 Å². The summed E-state index contributed by atoms with van der Waals surface area (Å²) in [6.07, 6.45) is 8.29. The Bertz CT molecular complexity index is 353. The predicted molar refractivity (Wildman–Crippen MR) is 65.0 cm³/mol. The number of hydrogen-bond acceptors (Lipinski definition) is 3. The molecule has 0 amide bonds. The maximum atomic E-state index is 5.86. The largest absolute Gasteiger partial charge is 0.489 e. The van der Waals surface area contributed by atoms with Crippen molar-refractivity contribution in [2.24, 2.45) is 5.73 Å². The van der Waals surface area contributed by atoms with Crippen molar-refractivity contribution in [2.45, 2.75) is 38.2 Å². The molecule has 2 rings (SSSR count). The Kier molecular flexibility index (Phi) is 3.44. The van der Waals surface area contributed by atoms with Gasteiger partial charge in [0, 0.05) is 0 Å². The highest BCUT2D eigenvalue weighted by Gasteiger charge is 2.14. The lowest BCUT2D eigenvalue weighted by atomic mass is 9.98. The van der Waals surface area contributed by atoms with Crippen molar-refractivity contribution >= 4 is 5.70 Å². The average molecular weight is 218 g/mol. The number of ether oxygens (including phenoxy) is 1. The third-order valence-electron chi connectivity index (χ3n) is 2.92. The van der Waals surface area contributed by atoms with Crippen molar-refractivity contribution in [1.82, 2.24) is 4.98 Å². The monoisotopic (exact) mass is 218 g/mol. The van der Waals surface area contributed by atoms with E-state index < -0.39 is 0 Å². The Morgan fingerprint density at radius 1 is 1.31 bits per heavy atom. The molecule has 0 spiro atoms. The fourth-order valence-corrected chi connectivity index (χ4v) is 2.02. The van der Waals surface area contributed by atoms with Crippen LogP contribution in [0.1, 0.15) is 37.8 Å². The summed E-state index contributed by atoms with van der Waals surface area (Å²) in [6.45, 7) is 3.65. The Hall–Kier alpha value is -1.51. The van der Waals surface area contributed by atoms with Gasteiger partial charge in [-0.05, 0) is 37.8 Å². The third kappa shape index (κ3) is 2.75. The van der Waals surface area contributed by atoms with Crippen LogP contribution in [0.4, 0.5) is 0 Å². The number of hydrogen-bond donors (Lipinski definition) is 1. The van der Waals surface area contributed by atoms with E-state index in [1.165, 1.54) is 19.3 Å². The molecule has 1 aliphatic carbocycles.